The van der Waals surface area contributed by atoms with Gasteiger partial charge in [-0.25, -0.2) is 12.1 Å². The van der Waals surface area contributed by atoms with Crippen LogP contribution in [0.5, 0.6) is 0 Å². The summed E-state index contributed by atoms with van der Waals surface area (Å²) in [7, 11) is 1.65. The van der Waals surface area contributed by atoms with Crippen molar-refractivity contribution >= 4 is 16.4 Å². The maximum absolute atomic E-state index is 3.01. The van der Waals surface area contributed by atoms with Crippen molar-refractivity contribution in [3.05, 3.63) is 47.5 Å². The molecular formula is C8H8P2Tm-2. The fraction of sp³-hybridized carbons (Fsp3) is 0. The van der Waals surface area contributed by atoms with E-state index in [0.717, 1.165) is 16.4 Å². The molecule has 1 radical (unpaired) electrons. The largest absolute Gasteiger partial charge is 0.271 e. The molecule has 65 valence electrons. The second-order valence-electron chi connectivity index (χ2n) is 1.63. The molecule has 0 amide bonds. The molecule has 2 rings (SSSR count). The molecule has 2 unspecified atom stereocenters. The standard InChI is InChI=1S/2C4H4P.Tm/c2*1-2-4-5-3-1;/h2*1-3,5H;/q2*-1;. The maximum Gasteiger partial charge on any atom is 0 e. The van der Waals surface area contributed by atoms with Crippen molar-refractivity contribution in [3.8, 4) is 0 Å². The molecule has 2 aromatic heterocycles. The average Bonchev–Trinajstić information content (AvgIpc) is 2.67. The number of hydrogen-bond acceptors (Lipinski definition) is 0. The molecule has 0 aliphatic rings. The van der Waals surface area contributed by atoms with Gasteiger partial charge in [-0.2, -0.15) is 35.3 Å². The van der Waals surface area contributed by atoms with Crippen molar-refractivity contribution in [1.29, 1.82) is 0 Å². The molecule has 3 heteroatoms. The van der Waals surface area contributed by atoms with Gasteiger partial charge in [0.25, 0.3) is 0 Å². The molecule has 0 N–H and O–H groups in total. The van der Waals surface area contributed by atoms with Crippen molar-refractivity contribution in [2.24, 2.45) is 0 Å². The molecule has 2 atom stereocenters. The molecule has 2 aromatic rings. The van der Waals surface area contributed by atoms with E-state index in [9.17, 15) is 0 Å². The Kier molecular flexibility index (Phi) is 9.53. The van der Waals surface area contributed by atoms with Crippen LogP contribution in [0.25, 0.3) is 0 Å². The molecule has 0 saturated carbocycles. The first-order valence-electron chi connectivity index (χ1n) is 2.99. The number of rotatable bonds is 0. The summed E-state index contributed by atoms with van der Waals surface area (Å²) in [5.41, 5.74) is 0. The smallest absolute Gasteiger partial charge is 0 e. The minimum Gasteiger partial charge on any atom is -0.271 e. The predicted octanol–water partition coefficient (Wildman–Crippen LogP) is 3.04. The summed E-state index contributed by atoms with van der Waals surface area (Å²) in [6, 6.07) is 7.91. The maximum atomic E-state index is 3.01. The summed E-state index contributed by atoms with van der Waals surface area (Å²) in [5, 5.41) is 0. The normalized spacial score (nSPS) is 8.73. The minimum absolute atomic E-state index is 0. The van der Waals surface area contributed by atoms with Gasteiger partial charge in [-0.1, -0.05) is 0 Å². The van der Waals surface area contributed by atoms with Crippen LogP contribution < -0.4 is 0 Å². The topological polar surface area (TPSA) is 0 Å². The molecule has 0 nitrogen and oxygen atoms in total. The van der Waals surface area contributed by atoms with E-state index in [1.54, 1.807) is 0 Å². The van der Waals surface area contributed by atoms with E-state index in [2.05, 4.69) is 23.2 Å². The molecule has 0 bridgehead atoms. The Labute approximate surface area is 99.8 Å². The molecule has 11 heavy (non-hydrogen) atoms. The van der Waals surface area contributed by atoms with E-state index in [-0.39, 0.29) is 36.9 Å². The van der Waals surface area contributed by atoms with Crippen molar-refractivity contribution in [1.82, 2.24) is 0 Å². The van der Waals surface area contributed by atoms with Crippen molar-refractivity contribution in [3.63, 3.8) is 0 Å². The van der Waals surface area contributed by atoms with Gasteiger partial charge in [0.15, 0.2) is 0 Å². The first-order valence-corrected chi connectivity index (χ1v) is 5.14. The van der Waals surface area contributed by atoms with Gasteiger partial charge in [0, 0.05) is 36.9 Å². The zero-order valence-electron chi connectivity index (χ0n) is 5.74. The van der Waals surface area contributed by atoms with Crippen LogP contribution in [0.1, 0.15) is 0 Å². The Morgan fingerprint density at radius 3 is 1.36 bits per heavy atom. The van der Waals surface area contributed by atoms with Crippen LogP contribution in [0, 0.1) is 48.5 Å². The zero-order chi connectivity index (χ0) is 7.07. The van der Waals surface area contributed by atoms with Gasteiger partial charge in [0.05, 0.1) is 0 Å². The van der Waals surface area contributed by atoms with E-state index in [4.69, 9.17) is 0 Å². The summed E-state index contributed by atoms with van der Waals surface area (Å²) >= 11 is 0. The van der Waals surface area contributed by atoms with Gasteiger partial charge in [0.2, 0.25) is 0 Å². The Hall–Kier alpha value is 0.794. The van der Waals surface area contributed by atoms with Crippen LogP contribution in [0.3, 0.4) is 0 Å². The van der Waals surface area contributed by atoms with Crippen LogP contribution in [0.15, 0.2) is 35.9 Å². The van der Waals surface area contributed by atoms with Gasteiger partial charge >= 0.3 is 0 Å². The van der Waals surface area contributed by atoms with Crippen LogP contribution in [-0.4, -0.2) is 0 Å². The Bertz CT molecular complexity index is 151. The Balaban J connectivity index is 0.000000167. The van der Waals surface area contributed by atoms with Crippen molar-refractivity contribution in [2.75, 3.05) is 0 Å². The van der Waals surface area contributed by atoms with Gasteiger partial charge < -0.3 is 0 Å². The fourth-order valence-corrected chi connectivity index (χ4v) is 1.44. The summed E-state index contributed by atoms with van der Waals surface area (Å²) in [6.45, 7) is 0. The van der Waals surface area contributed by atoms with Gasteiger partial charge in [0.1, 0.15) is 0 Å². The van der Waals surface area contributed by atoms with E-state index in [1.807, 2.05) is 24.3 Å². The molecule has 0 fully saturated rings. The van der Waals surface area contributed by atoms with E-state index < -0.39 is 0 Å². The Morgan fingerprint density at radius 2 is 1.27 bits per heavy atom. The summed E-state index contributed by atoms with van der Waals surface area (Å²) in [6.07, 6.45) is 0. The monoisotopic (exact) mass is 335 g/mol. The zero-order valence-corrected chi connectivity index (χ0v) is 9.52. The number of hydrogen-bond donors (Lipinski definition) is 0. The van der Waals surface area contributed by atoms with Crippen molar-refractivity contribution < 1.29 is 36.9 Å². The first kappa shape index (κ1) is 11.8. The predicted molar refractivity (Wildman–Crippen MR) is 49.6 cm³/mol. The molecule has 0 saturated heterocycles. The summed E-state index contributed by atoms with van der Waals surface area (Å²) < 4.78 is 0. The van der Waals surface area contributed by atoms with E-state index >= 15 is 0 Å². The Morgan fingerprint density at radius 1 is 0.818 bits per heavy atom. The van der Waals surface area contributed by atoms with Gasteiger partial charge in [-0.05, 0) is 0 Å². The average molecular weight is 335 g/mol. The first-order chi connectivity index (χ1) is 5.00. The van der Waals surface area contributed by atoms with Gasteiger partial charge in [-0.3, -0.25) is 16.4 Å². The third-order valence-electron chi connectivity index (χ3n) is 0.885. The van der Waals surface area contributed by atoms with Crippen LogP contribution in [-0.2, 0) is 0 Å². The van der Waals surface area contributed by atoms with Crippen molar-refractivity contribution in [2.45, 2.75) is 0 Å². The molecule has 0 aliphatic carbocycles. The minimum atomic E-state index is 0. The van der Waals surface area contributed by atoms with Crippen LogP contribution in [0.4, 0.5) is 0 Å². The molecule has 0 spiro atoms. The summed E-state index contributed by atoms with van der Waals surface area (Å²) in [4.78, 5) is 0. The molecule has 0 aliphatic heterocycles. The van der Waals surface area contributed by atoms with Crippen LogP contribution >= 0.6 is 16.4 Å². The second kappa shape index (κ2) is 8.89. The fourth-order valence-electron chi connectivity index (χ4n) is 0.481. The van der Waals surface area contributed by atoms with E-state index in [0.29, 0.717) is 0 Å². The quantitative estimate of drug-likeness (QED) is 0.650. The summed E-state index contributed by atoms with van der Waals surface area (Å²) in [5.74, 6) is 10.2. The second-order valence-corrected chi connectivity index (χ2v) is 3.45. The molecular weight excluding hydrogens is 327 g/mol. The molecule has 0 aromatic carbocycles. The van der Waals surface area contributed by atoms with Gasteiger partial charge in [-0.15, -0.1) is 0 Å². The SMILES string of the molecule is [Tm].[c-]1ccc[pH]1.[c-]1ccc[pH]1. The molecule has 2 heterocycles. The third-order valence-corrected chi connectivity index (χ3v) is 2.27. The third kappa shape index (κ3) is 7.16. The van der Waals surface area contributed by atoms with Crippen LogP contribution in [0.2, 0.25) is 0 Å². The van der Waals surface area contributed by atoms with E-state index in [1.165, 1.54) is 0 Å².